The van der Waals surface area contributed by atoms with Gasteiger partial charge in [-0.3, -0.25) is 4.79 Å². The number of nitrogens with one attached hydrogen (secondary N) is 1. The zero-order chi connectivity index (χ0) is 18.2. The second-order valence-electron chi connectivity index (χ2n) is 6.31. The van der Waals surface area contributed by atoms with Crippen LogP contribution in [-0.2, 0) is 4.79 Å². The summed E-state index contributed by atoms with van der Waals surface area (Å²) >= 11 is 0. The second-order valence-corrected chi connectivity index (χ2v) is 6.31. The Morgan fingerprint density at radius 1 is 1.08 bits per heavy atom. The molecule has 0 saturated carbocycles. The highest BCUT2D eigenvalue weighted by Gasteiger charge is 2.20. The molecule has 0 fully saturated rings. The molecule has 0 saturated heterocycles. The fourth-order valence-corrected chi connectivity index (χ4v) is 2.40. The molecular formula is C21H27NO3. The standard InChI is InChI=1S/C21H27NO3/c1-5-19(25-20-9-7-6-8-16(20)3)21(23)22-17(4)14-24-18-12-10-15(2)11-13-18/h6-13,17,19H,5,14H2,1-4H3,(H,22,23)/t17-,19-/m1/s1. The molecule has 1 amide bonds. The molecule has 0 unspecified atom stereocenters. The summed E-state index contributed by atoms with van der Waals surface area (Å²) in [5.74, 6) is 1.42. The maximum atomic E-state index is 12.5. The van der Waals surface area contributed by atoms with Crippen LogP contribution in [0.1, 0.15) is 31.4 Å². The number of hydrogen-bond donors (Lipinski definition) is 1. The van der Waals surface area contributed by atoms with E-state index in [1.54, 1.807) is 0 Å². The van der Waals surface area contributed by atoms with Gasteiger partial charge < -0.3 is 14.8 Å². The Balaban J connectivity index is 1.85. The summed E-state index contributed by atoms with van der Waals surface area (Å²) in [7, 11) is 0. The van der Waals surface area contributed by atoms with Crippen molar-refractivity contribution in [1.29, 1.82) is 0 Å². The molecule has 134 valence electrons. The van der Waals surface area contributed by atoms with E-state index >= 15 is 0 Å². The van der Waals surface area contributed by atoms with Crippen molar-refractivity contribution in [3.05, 3.63) is 59.7 Å². The number of rotatable bonds is 8. The Kier molecular flexibility index (Phi) is 6.87. The van der Waals surface area contributed by atoms with Gasteiger partial charge in [-0.25, -0.2) is 0 Å². The summed E-state index contributed by atoms with van der Waals surface area (Å²) in [5, 5.41) is 2.96. The Hall–Kier alpha value is -2.49. The van der Waals surface area contributed by atoms with Crippen LogP contribution in [0.3, 0.4) is 0 Å². The molecule has 25 heavy (non-hydrogen) atoms. The molecule has 2 rings (SSSR count). The van der Waals surface area contributed by atoms with Crippen molar-refractivity contribution in [3.63, 3.8) is 0 Å². The molecule has 2 aromatic rings. The number of aryl methyl sites for hydroxylation is 2. The Labute approximate surface area is 150 Å². The predicted octanol–water partition coefficient (Wildman–Crippen LogP) is 4.04. The van der Waals surface area contributed by atoms with E-state index in [1.807, 2.05) is 76.2 Å². The highest BCUT2D eigenvalue weighted by atomic mass is 16.5. The Morgan fingerprint density at radius 2 is 1.76 bits per heavy atom. The first-order valence-electron chi connectivity index (χ1n) is 8.71. The minimum atomic E-state index is -0.511. The fraction of sp³-hybridized carbons (Fsp3) is 0.381. The lowest BCUT2D eigenvalue weighted by Crippen LogP contribution is -2.44. The van der Waals surface area contributed by atoms with E-state index in [1.165, 1.54) is 5.56 Å². The van der Waals surface area contributed by atoms with Gasteiger partial charge in [0.15, 0.2) is 6.10 Å². The van der Waals surface area contributed by atoms with Gasteiger partial charge in [-0.05, 0) is 51.0 Å². The lowest BCUT2D eigenvalue weighted by molar-refractivity contribution is -0.129. The number of hydrogen-bond acceptors (Lipinski definition) is 3. The van der Waals surface area contributed by atoms with Crippen LogP contribution in [0.25, 0.3) is 0 Å². The van der Waals surface area contributed by atoms with Crippen molar-refractivity contribution in [2.75, 3.05) is 6.61 Å². The van der Waals surface area contributed by atoms with Crippen molar-refractivity contribution < 1.29 is 14.3 Å². The second kappa shape index (κ2) is 9.11. The maximum absolute atomic E-state index is 12.5. The van der Waals surface area contributed by atoms with Crippen LogP contribution in [0.5, 0.6) is 11.5 Å². The van der Waals surface area contributed by atoms with E-state index in [0.29, 0.717) is 13.0 Å². The third-order valence-electron chi connectivity index (χ3n) is 3.94. The smallest absolute Gasteiger partial charge is 0.261 e. The minimum Gasteiger partial charge on any atom is -0.491 e. The number of amides is 1. The van der Waals surface area contributed by atoms with Gasteiger partial charge in [0.25, 0.3) is 5.91 Å². The lowest BCUT2D eigenvalue weighted by Gasteiger charge is -2.21. The van der Waals surface area contributed by atoms with Gasteiger partial charge >= 0.3 is 0 Å². The molecule has 2 atom stereocenters. The number of carbonyl (C=O) groups excluding carboxylic acids is 1. The highest BCUT2D eigenvalue weighted by molar-refractivity contribution is 5.81. The summed E-state index contributed by atoms with van der Waals surface area (Å²) in [6, 6.07) is 15.5. The number of carbonyl (C=O) groups is 1. The molecule has 0 spiro atoms. The fourth-order valence-electron chi connectivity index (χ4n) is 2.40. The van der Waals surface area contributed by atoms with Crippen LogP contribution < -0.4 is 14.8 Å². The van der Waals surface area contributed by atoms with E-state index in [2.05, 4.69) is 5.32 Å². The molecule has 0 heterocycles. The monoisotopic (exact) mass is 341 g/mol. The van der Waals surface area contributed by atoms with Crippen molar-refractivity contribution in [3.8, 4) is 11.5 Å². The summed E-state index contributed by atoms with van der Waals surface area (Å²) in [6.07, 6.45) is 0.0917. The molecular weight excluding hydrogens is 314 g/mol. The summed E-state index contributed by atoms with van der Waals surface area (Å²) in [4.78, 5) is 12.5. The van der Waals surface area contributed by atoms with Crippen LogP contribution in [0.15, 0.2) is 48.5 Å². The summed E-state index contributed by atoms with van der Waals surface area (Å²) in [6.45, 7) is 8.28. The van der Waals surface area contributed by atoms with E-state index in [0.717, 1.165) is 17.1 Å². The third-order valence-corrected chi connectivity index (χ3v) is 3.94. The molecule has 0 radical (unpaired) electrons. The molecule has 4 nitrogen and oxygen atoms in total. The number of ether oxygens (including phenoxy) is 2. The average Bonchev–Trinajstić information content (AvgIpc) is 2.60. The van der Waals surface area contributed by atoms with Gasteiger partial charge in [0.1, 0.15) is 18.1 Å². The molecule has 4 heteroatoms. The van der Waals surface area contributed by atoms with Gasteiger partial charge in [-0.2, -0.15) is 0 Å². The molecule has 2 aromatic carbocycles. The van der Waals surface area contributed by atoms with Crippen molar-refractivity contribution in [2.45, 2.75) is 46.3 Å². The van der Waals surface area contributed by atoms with Gasteiger partial charge in [-0.1, -0.05) is 42.8 Å². The maximum Gasteiger partial charge on any atom is 0.261 e. The largest absolute Gasteiger partial charge is 0.491 e. The highest BCUT2D eigenvalue weighted by Crippen LogP contribution is 2.19. The quantitative estimate of drug-likeness (QED) is 0.788. The molecule has 0 aliphatic carbocycles. The van der Waals surface area contributed by atoms with E-state index in [4.69, 9.17) is 9.47 Å². The number of benzene rings is 2. The zero-order valence-corrected chi connectivity index (χ0v) is 15.4. The molecule has 0 aliphatic rings. The van der Waals surface area contributed by atoms with Gasteiger partial charge in [0, 0.05) is 0 Å². The first-order valence-corrected chi connectivity index (χ1v) is 8.71. The normalized spacial score (nSPS) is 13.0. The topological polar surface area (TPSA) is 47.6 Å². The van der Waals surface area contributed by atoms with Gasteiger partial charge in [0.2, 0.25) is 0 Å². The first kappa shape index (κ1) is 18.8. The summed E-state index contributed by atoms with van der Waals surface area (Å²) < 4.78 is 11.6. The molecule has 0 aliphatic heterocycles. The third kappa shape index (κ3) is 5.82. The minimum absolute atomic E-state index is 0.108. The van der Waals surface area contributed by atoms with E-state index < -0.39 is 6.10 Å². The van der Waals surface area contributed by atoms with Crippen molar-refractivity contribution in [2.24, 2.45) is 0 Å². The van der Waals surface area contributed by atoms with Crippen LogP contribution in [-0.4, -0.2) is 24.7 Å². The lowest BCUT2D eigenvalue weighted by atomic mass is 10.2. The number of para-hydroxylation sites is 1. The summed E-state index contributed by atoms with van der Waals surface area (Å²) in [5.41, 5.74) is 2.21. The van der Waals surface area contributed by atoms with Crippen LogP contribution in [0, 0.1) is 13.8 Å². The molecule has 0 bridgehead atoms. The van der Waals surface area contributed by atoms with Crippen molar-refractivity contribution in [1.82, 2.24) is 5.32 Å². The van der Waals surface area contributed by atoms with Crippen LogP contribution >= 0.6 is 0 Å². The molecule has 0 aromatic heterocycles. The van der Waals surface area contributed by atoms with E-state index in [-0.39, 0.29) is 11.9 Å². The van der Waals surface area contributed by atoms with Gasteiger partial charge in [0.05, 0.1) is 6.04 Å². The first-order chi connectivity index (χ1) is 12.0. The SMILES string of the molecule is CC[C@@H](Oc1ccccc1C)C(=O)N[C@H](C)COc1ccc(C)cc1. The average molecular weight is 341 g/mol. The molecule has 1 N–H and O–H groups in total. The predicted molar refractivity (Wildman–Crippen MR) is 100 cm³/mol. The van der Waals surface area contributed by atoms with Crippen LogP contribution in [0.2, 0.25) is 0 Å². The van der Waals surface area contributed by atoms with E-state index in [9.17, 15) is 4.79 Å². The van der Waals surface area contributed by atoms with Crippen LogP contribution in [0.4, 0.5) is 0 Å². The van der Waals surface area contributed by atoms with Gasteiger partial charge in [-0.15, -0.1) is 0 Å². The Bertz CT molecular complexity index is 682. The Morgan fingerprint density at radius 3 is 2.40 bits per heavy atom. The van der Waals surface area contributed by atoms with Crippen molar-refractivity contribution >= 4 is 5.91 Å². The zero-order valence-electron chi connectivity index (χ0n) is 15.4.